The number of ether oxygens (including phenoxy) is 1. The van der Waals surface area contributed by atoms with Gasteiger partial charge in [0, 0.05) is 18.8 Å². The van der Waals surface area contributed by atoms with Crippen molar-refractivity contribution in [2.75, 3.05) is 18.1 Å². The number of hydrogen-bond acceptors (Lipinski definition) is 4. The Labute approximate surface area is 132 Å². The quantitative estimate of drug-likeness (QED) is 0.860. The molecule has 6 heteroatoms. The second kappa shape index (κ2) is 6.54. The van der Waals surface area contributed by atoms with Crippen LogP contribution in [0.2, 0.25) is 0 Å². The van der Waals surface area contributed by atoms with Gasteiger partial charge in [-0.2, -0.15) is 0 Å². The number of aromatic nitrogens is 1. The molecule has 22 heavy (non-hydrogen) atoms. The first-order valence-corrected chi connectivity index (χ1v) is 8.15. The van der Waals surface area contributed by atoms with E-state index in [-0.39, 0.29) is 17.8 Å². The lowest BCUT2D eigenvalue weighted by molar-refractivity contribution is 0.0992. The summed E-state index contributed by atoms with van der Waals surface area (Å²) in [5, 5.41) is 0.844. The van der Waals surface area contributed by atoms with Gasteiger partial charge in [-0.15, -0.1) is 11.3 Å². The summed E-state index contributed by atoms with van der Waals surface area (Å²) in [5.74, 6) is -0.511. The van der Waals surface area contributed by atoms with Gasteiger partial charge in [0.1, 0.15) is 21.8 Å². The van der Waals surface area contributed by atoms with E-state index in [9.17, 15) is 9.18 Å². The molecule has 116 valence electrons. The fourth-order valence-corrected chi connectivity index (χ4v) is 3.48. The van der Waals surface area contributed by atoms with Crippen LogP contribution in [0.5, 0.6) is 0 Å². The molecule has 1 unspecified atom stereocenters. The van der Waals surface area contributed by atoms with Gasteiger partial charge in [-0.25, -0.2) is 9.37 Å². The molecule has 0 spiro atoms. The van der Waals surface area contributed by atoms with E-state index >= 15 is 0 Å². The standard InChI is InChI=1S/C16H17FN2O2S/c1-2-19(12-6-3-5-11(17)9-12)16(20)14-10-18-15(22-14)13-7-4-8-21-13/h3,5-6,9-10,13H,2,4,7-8H2,1H3. The Kier molecular flexibility index (Phi) is 4.49. The third kappa shape index (κ3) is 3.03. The van der Waals surface area contributed by atoms with E-state index in [0.29, 0.717) is 17.1 Å². The summed E-state index contributed by atoms with van der Waals surface area (Å²) >= 11 is 1.36. The highest BCUT2D eigenvalue weighted by Crippen LogP contribution is 2.32. The van der Waals surface area contributed by atoms with Crippen molar-refractivity contribution in [3.05, 3.63) is 46.2 Å². The molecular weight excluding hydrogens is 303 g/mol. The van der Waals surface area contributed by atoms with Crippen molar-refractivity contribution in [3.63, 3.8) is 0 Å². The first kappa shape index (κ1) is 15.1. The molecule has 3 rings (SSSR count). The molecule has 4 nitrogen and oxygen atoms in total. The van der Waals surface area contributed by atoms with Crippen molar-refractivity contribution in [3.8, 4) is 0 Å². The normalized spacial score (nSPS) is 17.6. The van der Waals surface area contributed by atoms with Gasteiger partial charge in [0.25, 0.3) is 5.91 Å². The van der Waals surface area contributed by atoms with E-state index in [4.69, 9.17) is 4.74 Å². The van der Waals surface area contributed by atoms with Crippen LogP contribution in [0, 0.1) is 5.82 Å². The molecule has 1 saturated heterocycles. The maximum atomic E-state index is 13.4. The Morgan fingerprint density at radius 2 is 2.41 bits per heavy atom. The van der Waals surface area contributed by atoms with Crippen molar-refractivity contribution >= 4 is 22.9 Å². The Morgan fingerprint density at radius 3 is 3.09 bits per heavy atom. The fraction of sp³-hybridized carbons (Fsp3) is 0.375. The minimum Gasteiger partial charge on any atom is -0.371 e. The molecule has 0 radical (unpaired) electrons. The van der Waals surface area contributed by atoms with Crippen molar-refractivity contribution in [1.29, 1.82) is 0 Å². The molecule has 0 N–H and O–H groups in total. The van der Waals surface area contributed by atoms with E-state index in [1.807, 2.05) is 6.92 Å². The van der Waals surface area contributed by atoms with E-state index < -0.39 is 0 Å². The summed E-state index contributed by atoms with van der Waals surface area (Å²) in [6.45, 7) is 3.08. The third-order valence-corrected chi connectivity index (χ3v) is 4.70. The summed E-state index contributed by atoms with van der Waals surface area (Å²) in [4.78, 5) is 19.1. The second-order valence-electron chi connectivity index (χ2n) is 5.09. The topological polar surface area (TPSA) is 42.4 Å². The molecule has 0 bridgehead atoms. The molecule has 1 atom stereocenters. The van der Waals surface area contributed by atoms with Gasteiger partial charge in [-0.1, -0.05) is 6.07 Å². The highest BCUT2D eigenvalue weighted by Gasteiger charge is 2.24. The van der Waals surface area contributed by atoms with Crippen molar-refractivity contribution in [2.45, 2.75) is 25.9 Å². The molecule has 1 aromatic carbocycles. The molecule has 0 saturated carbocycles. The van der Waals surface area contributed by atoms with Gasteiger partial charge in [0.05, 0.1) is 6.20 Å². The summed E-state index contributed by atoms with van der Waals surface area (Å²) in [7, 11) is 0. The van der Waals surface area contributed by atoms with Crippen LogP contribution in [0.25, 0.3) is 0 Å². The monoisotopic (exact) mass is 320 g/mol. The number of anilines is 1. The predicted molar refractivity (Wildman–Crippen MR) is 83.8 cm³/mol. The minimum absolute atomic E-state index is 0.01000. The van der Waals surface area contributed by atoms with E-state index in [1.165, 1.54) is 23.5 Å². The zero-order valence-corrected chi connectivity index (χ0v) is 13.1. The molecule has 1 fully saturated rings. The molecular formula is C16H17FN2O2S. The van der Waals surface area contributed by atoms with Crippen molar-refractivity contribution in [2.24, 2.45) is 0 Å². The van der Waals surface area contributed by atoms with Gasteiger partial charge in [0.15, 0.2) is 0 Å². The zero-order valence-electron chi connectivity index (χ0n) is 12.3. The average molecular weight is 320 g/mol. The van der Waals surface area contributed by atoms with Crippen LogP contribution < -0.4 is 4.90 Å². The van der Waals surface area contributed by atoms with Gasteiger partial charge in [-0.3, -0.25) is 4.79 Å². The number of carbonyl (C=O) groups is 1. The fourth-order valence-electron chi connectivity index (χ4n) is 2.53. The maximum absolute atomic E-state index is 13.4. The van der Waals surface area contributed by atoms with E-state index in [0.717, 1.165) is 24.5 Å². The summed E-state index contributed by atoms with van der Waals surface area (Å²) in [5.41, 5.74) is 0.555. The van der Waals surface area contributed by atoms with E-state index in [2.05, 4.69) is 4.98 Å². The van der Waals surface area contributed by atoms with Gasteiger partial charge in [0.2, 0.25) is 0 Å². The second-order valence-corrected chi connectivity index (χ2v) is 6.16. The largest absolute Gasteiger partial charge is 0.371 e. The molecule has 2 aromatic rings. The number of rotatable bonds is 4. The Balaban J connectivity index is 1.82. The van der Waals surface area contributed by atoms with Crippen molar-refractivity contribution in [1.82, 2.24) is 4.98 Å². The smallest absolute Gasteiger partial charge is 0.269 e. The molecule has 0 aliphatic carbocycles. The Hall–Kier alpha value is -1.79. The molecule has 1 aliphatic heterocycles. The highest BCUT2D eigenvalue weighted by molar-refractivity contribution is 7.13. The van der Waals surface area contributed by atoms with Crippen LogP contribution in [0.1, 0.15) is 40.5 Å². The highest BCUT2D eigenvalue weighted by atomic mass is 32.1. The Morgan fingerprint density at radius 1 is 1.55 bits per heavy atom. The van der Waals surface area contributed by atoms with Crippen molar-refractivity contribution < 1.29 is 13.9 Å². The lowest BCUT2D eigenvalue weighted by atomic mass is 10.2. The first-order chi connectivity index (χ1) is 10.7. The number of thiazole rings is 1. The molecule has 1 amide bonds. The predicted octanol–water partition coefficient (Wildman–Crippen LogP) is 3.80. The minimum atomic E-state index is -0.354. The number of nitrogens with zero attached hydrogens (tertiary/aromatic N) is 2. The third-order valence-electron chi connectivity index (χ3n) is 3.62. The summed E-state index contributed by atoms with van der Waals surface area (Å²) in [6, 6.07) is 6.06. The number of carbonyl (C=O) groups excluding carboxylic acids is 1. The number of benzene rings is 1. The zero-order chi connectivity index (χ0) is 15.5. The van der Waals surface area contributed by atoms with Gasteiger partial charge < -0.3 is 9.64 Å². The molecule has 1 aromatic heterocycles. The van der Waals surface area contributed by atoms with Crippen LogP contribution >= 0.6 is 11.3 Å². The molecule has 1 aliphatic rings. The first-order valence-electron chi connectivity index (χ1n) is 7.34. The average Bonchev–Trinajstić information content (AvgIpc) is 3.19. The van der Waals surface area contributed by atoms with Crippen LogP contribution in [0.4, 0.5) is 10.1 Å². The number of amides is 1. The molecule has 2 heterocycles. The SMILES string of the molecule is CCN(C(=O)c1cnc(C2CCCO2)s1)c1cccc(F)c1. The van der Waals surface area contributed by atoms with Gasteiger partial charge in [-0.05, 0) is 38.0 Å². The lowest BCUT2D eigenvalue weighted by Crippen LogP contribution is -2.30. The lowest BCUT2D eigenvalue weighted by Gasteiger charge is -2.20. The Bertz CT molecular complexity index is 668. The summed E-state index contributed by atoms with van der Waals surface area (Å²) < 4.78 is 19.0. The summed E-state index contributed by atoms with van der Waals surface area (Å²) in [6.07, 6.45) is 3.57. The number of hydrogen-bond donors (Lipinski definition) is 0. The van der Waals surface area contributed by atoms with Crippen LogP contribution in [-0.4, -0.2) is 24.0 Å². The van der Waals surface area contributed by atoms with E-state index in [1.54, 1.807) is 23.2 Å². The van der Waals surface area contributed by atoms with Gasteiger partial charge >= 0.3 is 0 Å². The maximum Gasteiger partial charge on any atom is 0.269 e. The van der Waals surface area contributed by atoms with Crippen LogP contribution in [-0.2, 0) is 4.74 Å². The number of halogens is 1. The van der Waals surface area contributed by atoms with Crippen LogP contribution in [0.15, 0.2) is 30.5 Å². The van der Waals surface area contributed by atoms with Crippen LogP contribution in [0.3, 0.4) is 0 Å².